The van der Waals surface area contributed by atoms with Crippen molar-refractivity contribution in [3.63, 3.8) is 0 Å². The maximum atomic E-state index is 5.64. The number of halogens is 1. The van der Waals surface area contributed by atoms with Gasteiger partial charge in [0.1, 0.15) is 5.15 Å². The molecule has 0 unspecified atom stereocenters. The van der Waals surface area contributed by atoms with Gasteiger partial charge in [0.05, 0.1) is 0 Å². The predicted octanol–water partition coefficient (Wildman–Crippen LogP) is 1.41. The van der Waals surface area contributed by atoms with Crippen LogP contribution in [-0.2, 0) is 6.54 Å². The Morgan fingerprint density at radius 2 is 2.38 bits per heavy atom. The molecule has 13 heavy (non-hydrogen) atoms. The smallest absolute Gasteiger partial charge is 0.166 e. The molecule has 0 saturated heterocycles. The van der Waals surface area contributed by atoms with Crippen molar-refractivity contribution in [2.45, 2.75) is 6.54 Å². The second-order valence-electron chi connectivity index (χ2n) is 2.68. The largest absolute Gasteiger partial charge is 0.376 e. The lowest BCUT2D eigenvalue weighted by molar-refractivity contribution is 0.503. The Bertz CT molecular complexity index is 299. The molecule has 0 fully saturated rings. The number of rotatable bonds is 2. The summed E-state index contributed by atoms with van der Waals surface area (Å²) in [5.74, 6) is 0. The van der Waals surface area contributed by atoms with Crippen LogP contribution in [0.2, 0.25) is 5.15 Å². The third-order valence-electron chi connectivity index (χ3n) is 1.58. The summed E-state index contributed by atoms with van der Waals surface area (Å²) in [6.07, 6.45) is 1.71. The van der Waals surface area contributed by atoms with Crippen molar-refractivity contribution in [3.05, 3.63) is 29.0 Å². The van der Waals surface area contributed by atoms with Crippen LogP contribution in [0.25, 0.3) is 0 Å². The Hall–Kier alpha value is -0.870. The Balaban J connectivity index is 2.64. The molecular weight excluding hydrogens is 206 g/mol. The van der Waals surface area contributed by atoms with E-state index in [4.69, 9.17) is 29.6 Å². The van der Waals surface area contributed by atoms with Gasteiger partial charge in [-0.05, 0) is 23.8 Å². The van der Waals surface area contributed by atoms with E-state index in [1.807, 2.05) is 13.1 Å². The van der Waals surface area contributed by atoms with E-state index in [1.165, 1.54) is 0 Å². The highest BCUT2D eigenvalue weighted by atomic mass is 35.5. The summed E-state index contributed by atoms with van der Waals surface area (Å²) >= 11 is 10.4. The molecule has 3 nitrogen and oxygen atoms in total. The highest BCUT2D eigenvalue weighted by Gasteiger charge is 2.00. The molecule has 0 saturated carbocycles. The normalized spacial score (nSPS) is 9.69. The molecule has 0 spiro atoms. The van der Waals surface area contributed by atoms with Crippen molar-refractivity contribution in [2.24, 2.45) is 5.73 Å². The lowest BCUT2D eigenvalue weighted by atomic mass is 10.3. The average molecular weight is 216 g/mol. The van der Waals surface area contributed by atoms with Gasteiger partial charge < -0.3 is 10.6 Å². The topological polar surface area (TPSA) is 42.2 Å². The summed E-state index contributed by atoms with van der Waals surface area (Å²) in [7, 11) is 1.83. The van der Waals surface area contributed by atoms with Crippen LogP contribution in [-0.4, -0.2) is 22.0 Å². The minimum absolute atomic E-state index is 0.370. The van der Waals surface area contributed by atoms with Crippen LogP contribution in [0.4, 0.5) is 0 Å². The molecule has 1 heterocycles. The zero-order valence-electron chi connectivity index (χ0n) is 7.20. The maximum Gasteiger partial charge on any atom is 0.166 e. The number of pyridine rings is 1. The summed E-state index contributed by atoms with van der Waals surface area (Å²) in [5.41, 5.74) is 6.45. The van der Waals surface area contributed by atoms with Gasteiger partial charge in [-0.1, -0.05) is 17.7 Å². The molecular formula is C8H10ClN3S. The SMILES string of the molecule is CN(Cc1ccc(Cl)nc1)C(N)=S. The Labute approximate surface area is 87.5 Å². The van der Waals surface area contributed by atoms with E-state index < -0.39 is 0 Å². The summed E-state index contributed by atoms with van der Waals surface area (Å²) in [4.78, 5) is 5.71. The van der Waals surface area contributed by atoms with Gasteiger partial charge in [-0.3, -0.25) is 0 Å². The van der Waals surface area contributed by atoms with E-state index in [9.17, 15) is 0 Å². The molecule has 1 aromatic heterocycles. The first kappa shape index (κ1) is 10.2. The zero-order valence-corrected chi connectivity index (χ0v) is 8.77. The molecule has 0 amide bonds. The van der Waals surface area contributed by atoms with Gasteiger partial charge in [-0.25, -0.2) is 4.98 Å². The minimum atomic E-state index is 0.370. The van der Waals surface area contributed by atoms with E-state index in [0.29, 0.717) is 16.8 Å². The number of thiocarbonyl (C=S) groups is 1. The summed E-state index contributed by atoms with van der Waals surface area (Å²) < 4.78 is 0. The molecule has 0 aromatic carbocycles. The Morgan fingerprint density at radius 1 is 1.69 bits per heavy atom. The van der Waals surface area contributed by atoms with E-state index >= 15 is 0 Å². The van der Waals surface area contributed by atoms with Crippen molar-refractivity contribution in [1.82, 2.24) is 9.88 Å². The van der Waals surface area contributed by atoms with Crippen LogP contribution < -0.4 is 5.73 Å². The maximum absolute atomic E-state index is 5.64. The van der Waals surface area contributed by atoms with Crippen molar-refractivity contribution in [1.29, 1.82) is 0 Å². The van der Waals surface area contributed by atoms with Crippen LogP contribution in [0.5, 0.6) is 0 Å². The molecule has 2 N–H and O–H groups in total. The standard InChI is InChI=1S/C8H10ClN3S/c1-12(8(10)13)5-6-2-3-7(9)11-4-6/h2-4H,5H2,1H3,(H2,10,13). The zero-order chi connectivity index (χ0) is 9.84. The predicted molar refractivity (Wildman–Crippen MR) is 57.5 cm³/mol. The first-order valence-electron chi connectivity index (χ1n) is 3.70. The van der Waals surface area contributed by atoms with Crippen LogP contribution in [0.3, 0.4) is 0 Å². The van der Waals surface area contributed by atoms with Crippen molar-refractivity contribution in [2.75, 3.05) is 7.05 Å². The fraction of sp³-hybridized carbons (Fsp3) is 0.250. The van der Waals surface area contributed by atoms with Crippen molar-refractivity contribution < 1.29 is 0 Å². The molecule has 0 aliphatic rings. The third kappa shape index (κ3) is 3.16. The average Bonchev–Trinajstić information content (AvgIpc) is 2.08. The third-order valence-corrected chi connectivity index (χ3v) is 2.12. The fourth-order valence-electron chi connectivity index (χ4n) is 0.852. The van der Waals surface area contributed by atoms with Gasteiger partial charge in [-0.15, -0.1) is 0 Å². The van der Waals surface area contributed by atoms with E-state index in [1.54, 1.807) is 17.2 Å². The molecule has 0 aliphatic heterocycles. The number of nitrogens with two attached hydrogens (primary N) is 1. The quantitative estimate of drug-likeness (QED) is 0.599. The lowest BCUT2D eigenvalue weighted by Gasteiger charge is -2.16. The second-order valence-corrected chi connectivity index (χ2v) is 3.49. The van der Waals surface area contributed by atoms with Crippen LogP contribution in [0.15, 0.2) is 18.3 Å². The molecule has 0 atom stereocenters. The first-order chi connectivity index (χ1) is 6.09. The van der Waals surface area contributed by atoms with Gasteiger partial charge in [0.25, 0.3) is 0 Å². The molecule has 0 bridgehead atoms. The number of nitrogens with zero attached hydrogens (tertiary/aromatic N) is 2. The summed E-state index contributed by atoms with van der Waals surface area (Å²) in [6, 6.07) is 3.63. The van der Waals surface area contributed by atoms with Gasteiger partial charge in [-0.2, -0.15) is 0 Å². The molecule has 0 aliphatic carbocycles. The Morgan fingerprint density at radius 3 is 2.85 bits per heavy atom. The van der Waals surface area contributed by atoms with Crippen LogP contribution >= 0.6 is 23.8 Å². The number of hydrogen-bond donors (Lipinski definition) is 1. The van der Waals surface area contributed by atoms with Crippen molar-refractivity contribution in [3.8, 4) is 0 Å². The molecule has 0 radical (unpaired) electrons. The monoisotopic (exact) mass is 215 g/mol. The highest BCUT2D eigenvalue weighted by molar-refractivity contribution is 7.80. The summed E-state index contributed by atoms with van der Waals surface area (Å²) in [6.45, 7) is 0.652. The molecule has 5 heteroatoms. The Kier molecular flexibility index (Phi) is 3.45. The number of hydrogen-bond acceptors (Lipinski definition) is 2. The minimum Gasteiger partial charge on any atom is -0.376 e. The van der Waals surface area contributed by atoms with Crippen LogP contribution in [0, 0.1) is 0 Å². The van der Waals surface area contributed by atoms with Crippen molar-refractivity contribution >= 4 is 28.9 Å². The fourth-order valence-corrected chi connectivity index (χ4v) is 1.03. The van der Waals surface area contributed by atoms with E-state index in [-0.39, 0.29) is 0 Å². The molecule has 1 rings (SSSR count). The first-order valence-corrected chi connectivity index (χ1v) is 4.49. The number of aromatic nitrogens is 1. The van der Waals surface area contributed by atoms with E-state index in [0.717, 1.165) is 5.56 Å². The summed E-state index contributed by atoms with van der Waals surface area (Å²) in [5, 5.41) is 0.858. The van der Waals surface area contributed by atoms with Gasteiger partial charge in [0.2, 0.25) is 0 Å². The van der Waals surface area contributed by atoms with Gasteiger partial charge in [0, 0.05) is 19.8 Å². The van der Waals surface area contributed by atoms with E-state index in [2.05, 4.69) is 4.98 Å². The molecule has 70 valence electrons. The van der Waals surface area contributed by atoms with Gasteiger partial charge in [0.15, 0.2) is 5.11 Å². The lowest BCUT2D eigenvalue weighted by Crippen LogP contribution is -2.31. The van der Waals surface area contributed by atoms with Crippen LogP contribution in [0.1, 0.15) is 5.56 Å². The molecule has 1 aromatic rings. The van der Waals surface area contributed by atoms with Gasteiger partial charge >= 0.3 is 0 Å². The second kappa shape index (κ2) is 4.39. The highest BCUT2D eigenvalue weighted by Crippen LogP contribution is 2.06.